The van der Waals surface area contributed by atoms with Gasteiger partial charge >= 0.3 is 0 Å². The van der Waals surface area contributed by atoms with E-state index in [1.165, 1.54) is 5.56 Å². The molecule has 180 valence electrons. The number of nitrogens with zero attached hydrogens (tertiary/aromatic N) is 3. The zero-order valence-corrected chi connectivity index (χ0v) is 22.0. The molecule has 0 amide bonds. The lowest BCUT2D eigenvalue weighted by Gasteiger charge is -2.36. The molecule has 33 heavy (non-hydrogen) atoms. The fourth-order valence-corrected chi connectivity index (χ4v) is 4.56. The highest BCUT2D eigenvalue weighted by Gasteiger charge is 2.41. The molecule has 2 aliphatic heterocycles. The molecular weight excluding hydrogens is 531 g/mol. The topological polar surface area (TPSA) is 58.6 Å². The first-order valence-corrected chi connectivity index (χ1v) is 11.4. The molecule has 1 N–H and O–H groups in total. The van der Waals surface area contributed by atoms with Gasteiger partial charge in [0, 0.05) is 39.8 Å². The van der Waals surface area contributed by atoms with Crippen molar-refractivity contribution in [2.24, 2.45) is 4.99 Å². The highest BCUT2D eigenvalue weighted by Crippen LogP contribution is 2.28. The normalized spacial score (nSPS) is 20.7. The van der Waals surface area contributed by atoms with E-state index < -0.39 is 0 Å². The molecule has 4 rings (SSSR count). The molecule has 2 aliphatic rings. The van der Waals surface area contributed by atoms with Crippen LogP contribution >= 0.6 is 24.0 Å². The quantitative estimate of drug-likeness (QED) is 0.315. The molecule has 2 heterocycles. The number of benzene rings is 2. The number of guanidine groups is 1. The Morgan fingerprint density at radius 3 is 2.67 bits per heavy atom. The van der Waals surface area contributed by atoms with Crippen LogP contribution in [-0.4, -0.2) is 74.9 Å². The van der Waals surface area contributed by atoms with Gasteiger partial charge in [0.05, 0.1) is 32.5 Å². The molecule has 2 aromatic rings. The first-order chi connectivity index (χ1) is 15.7. The van der Waals surface area contributed by atoms with Gasteiger partial charge in [-0.1, -0.05) is 36.4 Å². The lowest BCUT2D eigenvalue weighted by molar-refractivity contribution is -0.0502. The average Bonchev–Trinajstić information content (AvgIpc) is 3.26. The van der Waals surface area contributed by atoms with E-state index in [0.29, 0.717) is 19.2 Å². The van der Waals surface area contributed by atoms with Crippen LogP contribution in [0.1, 0.15) is 18.1 Å². The maximum Gasteiger partial charge on any atom is 0.194 e. The van der Waals surface area contributed by atoms with E-state index in [4.69, 9.17) is 14.2 Å². The Bertz CT molecular complexity index is 912. The molecule has 2 aromatic carbocycles. The Morgan fingerprint density at radius 1 is 1.12 bits per heavy atom. The summed E-state index contributed by atoms with van der Waals surface area (Å²) in [4.78, 5) is 9.40. The summed E-state index contributed by atoms with van der Waals surface area (Å²) in [5, 5.41) is 3.51. The monoisotopic (exact) mass is 566 g/mol. The van der Waals surface area contributed by atoms with Crippen molar-refractivity contribution in [1.82, 2.24) is 15.1 Å². The summed E-state index contributed by atoms with van der Waals surface area (Å²) in [5.74, 6) is 2.41. The fraction of sp³-hybridized carbons (Fsp3) is 0.480. The second-order valence-corrected chi connectivity index (χ2v) is 8.16. The van der Waals surface area contributed by atoms with Gasteiger partial charge in [0.1, 0.15) is 0 Å². The van der Waals surface area contributed by atoms with Crippen molar-refractivity contribution in [1.29, 1.82) is 0 Å². The Kier molecular flexibility index (Phi) is 9.64. The number of morpholine rings is 1. The molecule has 0 spiro atoms. The minimum atomic E-state index is 0. The molecule has 2 saturated heterocycles. The second kappa shape index (κ2) is 12.4. The summed E-state index contributed by atoms with van der Waals surface area (Å²) in [7, 11) is 3.51. The number of rotatable bonds is 7. The molecule has 8 heteroatoms. The van der Waals surface area contributed by atoms with Crippen LogP contribution in [0.25, 0.3) is 0 Å². The largest absolute Gasteiger partial charge is 0.493 e. The third-order valence-corrected chi connectivity index (χ3v) is 6.13. The van der Waals surface area contributed by atoms with E-state index >= 15 is 0 Å². The van der Waals surface area contributed by atoms with Crippen molar-refractivity contribution in [2.75, 3.05) is 47.0 Å². The number of methoxy groups -OCH3 is 1. The van der Waals surface area contributed by atoms with E-state index in [2.05, 4.69) is 56.5 Å². The Morgan fingerprint density at radius 2 is 1.94 bits per heavy atom. The first kappa shape index (κ1) is 25.6. The second-order valence-electron chi connectivity index (χ2n) is 8.16. The molecule has 7 nitrogen and oxygen atoms in total. The smallest absolute Gasteiger partial charge is 0.194 e. The summed E-state index contributed by atoms with van der Waals surface area (Å²) in [6.45, 7) is 7.69. The number of hydrogen-bond donors (Lipinski definition) is 1. The molecule has 0 bridgehead atoms. The Hall–Kier alpha value is -2.04. The van der Waals surface area contributed by atoms with Crippen LogP contribution < -0.4 is 14.8 Å². The molecule has 0 saturated carbocycles. The first-order valence-electron chi connectivity index (χ1n) is 11.4. The van der Waals surface area contributed by atoms with Gasteiger partial charge in [0.15, 0.2) is 17.5 Å². The van der Waals surface area contributed by atoms with E-state index in [1.807, 2.05) is 26.1 Å². The Labute approximate surface area is 214 Å². The molecular formula is C25H35IN4O3. The van der Waals surface area contributed by atoms with E-state index in [0.717, 1.165) is 55.8 Å². The van der Waals surface area contributed by atoms with Crippen LogP contribution in [0.4, 0.5) is 0 Å². The third kappa shape index (κ3) is 6.30. The van der Waals surface area contributed by atoms with E-state index in [9.17, 15) is 0 Å². The molecule has 0 aliphatic carbocycles. The van der Waals surface area contributed by atoms with Crippen molar-refractivity contribution in [3.05, 3.63) is 59.7 Å². The van der Waals surface area contributed by atoms with Crippen LogP contribution in [0.3, 0.4) is 0 Å². The van der Waals surface area contributed by atoms with Gasteiger partial charge in [-0.3, -0.25) is 9.89 Å². The van der Waals surface area contributed by atoms with Crippen LogP contribution in [0.15, 0.2) is 53.5 Å². The molecule has 2 atom stereocenters. The standard InChI is InChI=1S/C25H34N4O3.HI/c1-4-31-22-11-10-20(14-23(22)30-3)15-27-25(26-2)29-17-21-24(18-29)32-13-12-28(21)16-19-8-6-5-7-9-19;/h5-11,14,21,24H,4,12-13,15-18H2,1-3H3,(H,26,27);1H. The van der Waals surface area contributed by atoms with Gasteiger partial charge in [0.25, 0.3) is 0 Å². The van der Waals surface area contributed by atoms with E-state index in [1.54, 1.807) is 7.11 Å². The molecule has 2 fully saturated rings. The maximum atomic E-state index is 6.13. The summed E-state index contributed by atoms with van der Waals surface area (Å²) >= 11 is 0. The zero-order valence-electron chi connectivity index (χ0n) is 19.7. The van der Waals surface area contributed by atoms with Crippen molar-refractivity contribution < 1.29 is 14.2 Å². The highest BCUT2D eigenvalue weighted by atomic mass is 127. The van der Waals surface area contributed by atoms with Gasteiger partial charge in [-0.25, -0.2) is 0 Å². The fourth-order valence-electron chi connectivity index (χ4n) is 4.56. The van der Waals surface area contributed by atoms with Crippen molar-refractivity contribution in [3.63, 3.8) is 0 Å². The van der Waals surface area contributed by atoms with Crippen LogP contribution in [0.5, 0.6) is 11.5 Å². The Balaban J connectivity index is 0.00000306. The van der Waals surface area contributed by atoms with Gasteiger partial charge in [-0.05, 0) is 30.2 Å². The minimum Gasteiger partial charge on any atom is -0.493 e. The predicted molar refractivity (Wildman–Crippen MR) is 142 cm³/mol. The van der Waals surface area contributed by atoms with Gasteiger partial charge in [-0.2, -0.15) is 0 Å². The number of halogens is 1. The maximum absolute atomic E-state index is 6.13. The summed E-state index contributed by atoms with van der Waals surface area (Å²) in [6.07, 6.45) is 0.205. The van der Waals surface area contributed by atoms with Crippen molar-refractivity contribution >= 4 is 29.9 Å². The summed E-state index contributed by atoms with van der Waals surface area (Å²) < 4.78 is 17.2. The third-order valence-electron chi connectivity index (χ3n) is 6.13. The predicted octanol–water partition coefficient (Wildman–Crippen LogP) is 3.37. The zero-order chi connectivity index (χ0) is 22.3. The summed E-state index contributed by atoms with van der Waals surface area (Å²) in [5.41, 5.74) is 2.46. The number of ether oxygens (including phenoxy) is 3. The van der Waals surface area contributed by atoms with Gasteiger partial charge in [0.2, 0.25) is 0 Å². The number of aliphatic imine (C=N–C) groups is 1. The van der Waals surface area contributed by atoms with Crippen LogP contribution in [0.2, 0.25) is 0 Å². The van der Waals surface area contributed by atoms with Crippen LogP contribution in [0, 0.1) is 0 Å². The molecule has 0 aromatic heterocycles. The number of likely N-dealkylation sites (tertiary alicyclic amines) is 1. The average molecular weight is 566 g/mol. The van der Waals surface area contributed by atoms with Crippen molar-refractivity contribution in [3.8, 4) is 11.5 Å². The highest BCUT2D eigenvalue weighted by molar-refractivity contribution is 14.0. The number of fused-ring (bicyclic) bond motifs is 1. The van der Waals surface area contributed by atoms with Crippen molar-refractivity contribution in [2.45, 2.75) is 32.2 Å². The lowest BCUT2D eigenvalue weighted by atomic mass is 10.1. The molecule has 0 radical (unpaired) electrons. The minimum absolute atomic E-state index is 0. The van der Waals surface area contributed by atoms with E-state index in [-0.39, 0.29) is 30.1 Å². The molecule has 2 unspecified atom stereocenters. The SMILES string of the molecule is CCOc1ccc(CNC(=NC)N2CC3OCCN(Cc4ccccc4)C3C2)cc1OC.I. The van der Waals surface area contributed by atoms with Crippen LogP contribution in [-0.2, 0) is 17.8 Å². The summed E-state index contributed by atoms with van der Waals surface area (Å²) in [6, 6.07) is 17.1. The lowest BCUT2D eigenvalue weighted by Crippen LogP contribution is -2.50. The van der Waals surface area contributed by atoms with Gasteiger partial charge in [-0.15, -0.1) is 24.0 Å². The number of hydrogen-bond acceptors (Lipinski definition) is 5. The van der Waals surface area contributed by atoms with Gasteiger partial charge < -0.3 is 24.4 Å². The number of nitrogens with one attached hydrogen (secondary N) is 1.